The molecule has 0 saturated heterocycles. The van der Waals surface area contributed by atoms with Crippen molar-refractivity contribution >= 4 is 23.5 Å². The number of amides is 1. The van der Waals surface area contributed by atoms with Gasteiger partial charge < -0.3 is 19.9 Å². The van der Waals surface area contributed by atoms with Gasteiger partial charge in [0.25, 0.3) is 5.91 Å². The summed E-state index contributed by atoms with van der Waals surface area (Å²) >= 11 is 5.92. The first kappa shape index (κ1) is 16.3. The summed E-state index contributed by atoms with van der Waals surface area (Å²) < 4.78 is 10.0. The van der Waals surface area contributed by atoms with E-state index in [9.17, 15) is 9.59 Å². The van der Waals surface area contributed by atoms with E-state index in [0.29, 0.717) is 10.8 Å². The highest BCUT2D eigenvalue weighted by atomic mass is 35.5. The first-order valence-electron chi connectivity index (χ1n) is 5.86. The van der Waals surface area contributed by atoms with Crippen LogP contribution in [-0.4, -0.2) is 43.3 Å². The molecule has 0 aliphatic heterocycles. The zero-order valence-corrected chi connectivity index (χ0v) is 11.9. The summed E-state index contributed by atoms with van der Waals surface area (Å²) in [5.74, 6) is -1.07. The topological polar surface area (TPSA) is 84.9 Å². The highest BCUT2D eigenvalue weighted by molar-refractivity contribution is 6.31. The van der Waals surface area contributed by atoms with Crippen molar-refractivity contribution in [2.45, 2.75) is 13.0 Å². The van der Waals surface area contributed by atoms with Gasteiger partial charge in [-0.1, -0.05) is 17.7 Å². The molecule has 0 heterocycles. The maximum atomic E-state index is 11.5. The van der Waals surface area contributed by atoms with Crippen molar-refractivity contribution in [2.24, 2.45) is 0 Å². The van der Waals surface area contributed by atoms with Gasteiger partial charge in [-0.3, -0.25) is 4.79 Å². The largest absolute Gasteiger partial charge is 0.483 e. The van der Waals surface area contributed by atoms with Gasteiger partial charge in [0, 0.05) is 17.7 Å². The molecule has 0 fully saturated rings. The molecule has 1 atom stereocenters. The predicted molar refractivity (Wildman–Crippen MR) is 73.1 cm³/mol. The van der Waals surface area contributed by atoms with Crippen LogP contribution in [0.5, 0.6) is 5.75 Å². The van der Waals surface area contributed by atoms with Crippen molar-refractivity contribution in [3.05, 3.63) is 28.8 Å². The summed E-state index contributed by atoms with van der Waals surface area (Å²) in [6.45, 7) is 1.43. The van der Waals surface area contributed by atoms with Crippen molar-refractivity contribution in [3.8, 4) is 5.75 Å². The van der Waals surface area contributed by atoms with Crippen LogP contribution in [0.2, 0.25) is 5.02 Å². The van der Waals surface area contributed by atoms with Gasteiger partial charge in [0.15, 0.2) is 12.7 Å². The normalized spacial score (nSPS) is 11.8. The highest BCUT2D eigenvalue weighted by Crippen LogP contribution is 2.24. The van der Waals surface area contributed by atoms with E-state index in [-0.39, 0.29) is 13.2 Å². The lowest BCUT2D eigenvalue weighted by molar-refractivity contribution is -0.148. The van der Waals surface area contributed by atoms with Crippen LogP contribution >= 0.6 is 11.6 Å². The van der Waals surface area contributed by atoms with Crippen LogP contribution in [0, 0.1) is 6.92 Å². The Bertz CT molecular complexity index is 492. The van der Waals surface area contributed by atoms with Gasteiger partial charge in [-0.05, 0) is 19.1 Å². The van der Waals surface area contributed by atoms with Crippen LogP contribution in [0.4, 0.5) is 0 Å². The molecule has 20 heavy (non-hydrogen) atoms. The van der Waals surface area contributed by atoms with Crippen molar-refractivity contribution in [3.63, 3.8) is 0 Å². The lowest BCUT2D eigenvalue weighted by Gasteiger charge is -2.13. The van der Waals surface area contributed by atoms with E-state index in [4.69, 9.17) is 21.4 Å². The van der Waals surface area contributed by atoms with Crippen LogP contribution in [-0.2, 0) is 14.3 Å². The molecule has 1 aromatic carbocycles. The number of hydrogen-bond acceptors (Lipinski definition) is 4. The minimum absolute atomic E-state index is 0.122. The van der Waals surface area contributed by atoms with Gasteiger partial charge in [-0.2, -0.15) is 0 Å². The second-order valence-electron chi connectivity index (χ2n) is 4.02. The number of carbonyl (C=O) groups excluding carboxylic acids is 1. The van der Waals surface area contributed by atoms with Gasteiger partial charge in [0.2, 0.25) is 0 Å². The Hall–Kier alpha value is -1.79. The Morgan fingerprint density at radius 2 is 2.15 bits per heavy atom. The number of rotatable bonds is 7. The fourth-order valence-corrected chi connectivity index (χ4v) is 1.58. The van der Waals surface area contributed by atoms with Crippen molar-refractivity contribution in [1.29, 1.82) is 0 Å². The number of hydrogen-bond donors (Lipinski definition) is 2. The van der Waals surface area contributed by atoms with E-state index in [1.54, 1.807) is 25.1 Å². The van der Waals surface area contributed by atoms with Gasteiger partial charge in [-0.25, -0.2) is 4.79 Å². The summed E-state index contributed by atoms with van der Waals surface area (Å²) in [7, 11) is 1.26. The van der Waals surface area contributed by atoms with E-state index in [1.807, 2.05) is 0 Å². The molecule has 0 aliphatic carbocycles. The van der Waals surface area contributed by atoms with Crippen LogP contribution in [0.1, 0.15) is 5.56 Å². The number of benzene rings is 1. The summed E-state index contributed by atoms with van der Waals surface area (Å²) in [5.41, 5.74) is 0.738. The SMILES string of the molecule is COC(CNC(=O)COc1cccc(Cl)c1C)C(=O)O. The number of methoxy groups -OCH3 is 1. The lowest BCUT2D eigenvalue weighted by Crippen LogP contribution is -2.39. The lowest BCUT2D eigenvalue weighted by atomic mass is 10.2. The third kappa shape index (κ3) is 4.71. The van der Waals surface area contributed by atoms with Crippen LogP contribution in [0.25, 0.3) is 0 Å². The highest BCUT2D eigenvalue weighted by Gasteiger charge is 2.17. The Balaban J connectivity index is 2.44. The molecule has 2 N–H and O–H groups in total. The second-order valence-corrected chi connectivity index (χ2v) is 4.43. The van der Waals surface area contributed by atoms with E-state index in [2.05, 4.69) is 10.1 Å². The number of aliphatic carboxylic acids is 1. The Morgan fingerprint density at radius 1 is 1.45 bits per heavy atom. The van der Waals surface area contributed by atoms with Gasteiger partial charge >= 0.3 is 5.97 Å². The Kier molecular flexibility index (Phi) is 6.27. The van der Waals surface area contributed by atoms with E-state index in [0.717, 1.165) is 5.56 Å². The predicted octanol–water partition coefficient (Wildman–Crippen LogP) is 1.24. The maximum absolute atomic E-state index is 11.5. The molecule has 1 amide bonds. The number of carboxylic acid groups (broad SMARTS) is 1. The number of carboxylic acids is 1. The molecule has 7 heteroatoms. The average Bonchev–Trinajstić information content (AvgIpc) is 2.40. The number of nitrogens with one attached hydrogen (secondary N) is 1. The third-order valence-corrected chi connectivity index (χ3v) is 3.03. The minimum atomic E-state index is -1.14. The average molecular weight is 302 g/mol. The van der Waals surface area contributed by atoms with Crippen LogP contribution in [0.3, 0.4) is 0 Å². The van der Waals surface area contributed by atoms with Crippen LogP contribution in [0.15, 0.2) is 18.2 Å². The molecular formula is C13H16ClNO5. The molecule has 0 spiro atoms. The first-order valence-corrected chi connectivity index (χ1v) is 6.23. The van der Waals surface area contributed by atoms with Crippen molar-refractivity contribution in [1.82, 2.24) is 5.32 Å². The van der Waals surface area contributed by atoms with Crippen molar-refractivity contribution in [2.75, 3.05) is 20.3 Å². The summed E-state index contributed by atoms with van der Waals surface area (Å²) in [4.78, 5) is 22.2. The molecule has 1 rings (SSSR count). The Morgan fingerprint density at radius 3 is 2.75 bits per heavy atom. The molecule has 6 nitrogen and oxygen atoms in total. The molecule has 0 bridgehead atoms. The smallest absolute Gasteiger partial charge is 0.334 e. The number of carbonyl (C=O) groups is 2. The van der Waals surface area contributed by atoms with E-state index >= 15 is 0 Å². The van der Waals surface area contributed by atoms with Gasteiger partial charge in [-0.15, -0.1) is 0 Å². The second kappa shape index (κ2) is 7.72. The summed E-state index contributed by atoms with van der Waals surface area (Å²) in [5, 5.41) is 11.7. The van der Waals surface area contributed by atoms with Crippen LogP contribution < -0.4 is 10.1 Å². The van der Waals surface area contributed by atoms with E-state index < -0.39 is 18.0 Å². The summed E-state index contributed by atoms with van der Waals surface area (Å²) in [6, 6.07) is 5.14. The Labute approximate surface area is 121 Å². The zero-order valence-electron chi connectivity index (χ0n) is 11.2. The molecule has 0 saturated carbocycles. The molecule has 110 valence electrons. The molecule has 1 unspecified atom stereocenters. The molecule has 1 aromatic rings. The van der Waals surface area contributed by atoms with Gasteiger partial charge in [0.1, 0.15) is 5.75 Å². The zero-order chi connectivity index (χ0) is 15.1. The van der Waals surface area contributed by atoms with E-state index in [1.165, 1.54) is 7.11 Å². The fourth-order valence-electron chi connectivity index (χ4n) is 1.42. The van der Waals surface area contributed by atoms with Gasteiger partial charge in [0.05, 0.1) is 6.54 Å². The quantitative estimate of drug-likeness (QED) is 0.791. The standard InChI is InChI=1S/C13H16ClNO5/c1-8-9(14)4-3-5-10(8)20-7-12(16)15-6-11(19-2)13(17)18/h3-5,11H,6-7H2,1-2H3,(H,15,16)(H,17,18). The number of ether oxygens (including phenoxy) is 2. The number of halogens is 1. The monoisotopic (exact) mass is 301 g/mol. The molecule has 0 radical (unpaired) electrons. The molecule has 0 aromatic heterocycles. The molecule has 0 aliphatic rings. The minimum Gasteiger partial charge on any atom is -0.483 e. The first-order chi connectivity index (χ1) is 9.45. The third-order valence-electron chi connectivity index (χ3n) is 2.62. The van der Waals surface area contributed by atoms with Crippen molar-refractivity contribution < 1.29 is 24.2 Å². The summed E-state index contributed by atoms with van der Waals surface area (Å²) in [6.07, 6.45) is -1.08. The maximum Gasteiger partial charge on any atom is 0.334 e. The molecular weight excluding hydrogens is 286 g/mol. The fraction of sp³-hybridized carbons (Fsp3) is 0.385.